The molecule has 0 aromatic carbocycles. The van der Waals surface area contributed by atoms with Crippen LogP contribution in [0.2, 0.25) is 0 Å². The maximum atomic E-state index is 10.9. The lowest BCUT2D eigenvalue weighted by Crippen LogP contribution is -2.17. The van der Waals surface area contributed by atoms with E-state index in [-0.39, 0.29) is 18.2 Å². The van der Waals surface area contributed by atoms with Gasteiger partial charge in [-0.3, -0.25) is 0 Å². The fourth-order valence-electron chi connectivity index (χ4n) is 1.24. The fourth-order valence-corrected chi connectivity index (χ4v) is 1.49. The van der Waals surface area contributed by atoms with E-state index in [1.807, 2.05) is 12.2 Å². The molecule has 4 heteroatoms. The third kappa shape index (κ3) is 3.79. The van der Waals surface area contributed by atoms with Gasteiger partial charge in [-0.15, -0.1) is 0 Å². The topological polar surface area (TPSA) is 35.5 Å². The summed E-state index contributed by atoms with van der Waals surface area (Å²) < 4.78 is 11.5. The van der Waals surface area contributed by atoms with Gasteiger partial charge in [0.2, 0.25) is 0 Å². The summed E-state index contributed by atoms with van der Waals surface area (Å²) in [6.07, 6.45) is 5.63. The summed E-state index contributed by atoms with van der Waals surface area (Å²) in [4.78, 5) is 10.9. The molecule has 3 nitrogen and oxygen atoms in total. The van der Waals surface area contributed by atoms with E-state index in [2.05, 4.69) is 29.2 Å². The Morgan fingerprint density at radius 1 is 1.57 bits per heavy atom. The molecule has 0 heterocycles. The summed E-state index contributed by atoms with van der Waals surface area (Å²) in [6, 6.07) is 0. The zero-order valence-corrected chi connectivity index (χ0v) is 9.98. The van der Waals surface area contributed by atoms with Gasteiger partial charge in [0.1, 0.15) is 6.10 Å². The summed E-state index contributed by atoms with van der Waals surface area (Å²) in [5, 5.41) is 0. The molecular weight excluding hydrogens is 295 g/mol. The Morgan fingerprint density at radius 2 is 2.29 bits per heavy atom. The standard InChI is InChI=1S/C10H13IO3/c1-2-10(12)14-9-4-3-8(7-9)13-6-5-11/h2-4,8-9H,1,5-7H2/t8-,9?/m1/s1. The molecule has 2 atom stereocenters. The molecule has 1 aliphatic rings. The second-order valence-electron chi connectivity index (χ2n) is 2.90. The molecule has 0 spiro atoms. The number of esters is 1. The zero-order chi connectivity index (χ0) is 10.4. The molecule has 0 saturated carbocycles. The summed E-state index contributed by atoms with van der Waals surface area (Å²) in [5.74, 6) is -0.380. The molecule has 0 radical (unpaired) electrons. The van der Waals surface area contributed by atoms with Gasteiger partial charge in [-0.25, -0.2) is 4.79 Å². The van der Waals surface area contributed by atoms with Crippen molar-refractivity contribution in [2.75, 3.05) is 11.0 Å². The van der Waals surface area contributed by atoms with Crippen LogP contribution in [-0.2, 0) is 14.3 Å². The lowest BCUT2D eigenvalue weighted by atomic mass is 10.3. The number of rotatable bonds is 5. The van der Waals surface area contributed by atoms with Crippen molar-refractivity contribution in [2.24, 2.45) is 0 Å². The predicted molar refractivity (Wildman–Crippen MR) is 62.5 cm³/mol. The van der Waals surface area contributed by atoms with E-state index in [9.17, 15) is 4.79 Å². The minimum Gasteiger partial charge on any atom is -0.455 e. The van der Waals surface area contributed by atoms with E-state index in [0.717, 1.165) is 17.5 Å². The molecular formula is C10H13IO3. The smallest absolute Gasteiger partial charge is 0.330 e. The van der Waals surface area contributed by atoms with Crippen LogP contribution >= 0.6 is 22.6 Å². The van der Waals surface area contributed by atoms with Gasteiger partial charge in [-0.2, -0.15) is 0 Å². The first-order valence-electron chi connectivity index (χ1n) is 4.45. The van der Waals surface area contributed by atoms with Gasteiger partial charge < -0.3 is 9.47 Å². The lowest BCUT2D eigenvalue weighted by molar-refractivity contribution is -0.141. The fraction of sp³-hybridized carbons (Fsp3) is 0.500. The Balaban J connectivity index is 2.24. The van der Waals surface area contributed by atoms with Gasteiger partial charge in [-0.05, 0) is 6.08 Å². The van der Waals surface area contributed by atoms with Crippen LogP contribution in [0.1, 0.15) is 6.42 Å². The largest absolute Gasteiger partial charge is 0.455 e. The van der Waals surface area contributed by atoms with Crippen LogP contribution in [0, 0.1) is 0 Å². The molecule has 0 bridgehead atoms. The van der Waals surface area contributed by atoms with Gasteiger partial charge in [0.05, 0.1) is 12.7 Å². The average Bonchev–Trinajstić information content (AvgIpc) is 2.62. The van der Waals surface area contributed by atoms with Gasteiger partial charge in [0, 0.05) is 16.9 Å². The van der Waals surface area contributed by atoms with Crippen molar-refractivity contribution < 1.29 is 14.3 Å². The third-order valence-corrected chi connectivity index (χ3v) is 2.29. The Bertz CT molecular complexity index is 238. The number of halogens is 1. The summed E-state index contributed by atoms with van der Waals surface area (Å²) in [7, 11) is 0. The van der Waals surface area contributed by atoms with Crippen LogP contribution in [0.5, 0.6) is 0 Å². The third-order valence-electron chi connectivity index (χ3n) is 1.85. The molecule has 14 heavy (non-hydrogen) atoms. The molecule has 1 aliphatic carbocycles. The average molecular weight is 308 g/mol. The number of hydrogen-bond donors (Lipinski definition) is 0. The Hall–Kier alpha value is -0.360. The quantitative estimate of drug-likeness (QED) is 0.256. The lowest BCUT2D eigenvalue weighted by Gasteiger charge is -2.12. The Kier molecular flexibility index (Phi) is 5.17. The van der Waals surface area contributed by atoms with E-state index in [4.69, 9.17) is 9.47 Å². The first-order valence-corrected chi connectivity index (χ1v) is 5.97. The van der Waals surface area contributed by atoms with E-state index < -0.39 is 0 Å². The van der Waals surface area contributed by atoms with E-state index in [0.29, 0.717) is 0 Å². The van der Waals surface area contributed by atoms with Crippen LogP contribution in [0.4, 0.5) is 0 Å². The van der Waals surface area contributed by atoms with Crippen molar-refractivity contribution in [2.45, 2.75) is 18.6 Å². The van der Waals surface area contributed by atoms with Gasteiger partial charge in [-0.1, -0.05) is 35.2 Å². The van der Waals surface area contributed by atoms with Crippen molar-refractivity contribution in [1.29, 1.82) is 0 Å². The van der Waals surface area contributed by atoms with Crippen LogP contribution in [0.3, 0.4) is 0 Å². The highest BCUT2D eigenvalue weighted by Crippen LogP contribution is 2.17. The molecule has 1 unspecified atom stereocenters. The maximum Gasteiger partial charge on any atom is 0.330 e. The summed E-state index contributed by atoms with van der Waals surface area (Å²) in [5.41, 5.74) is 0. The minimum absolute atomic E-state index is 0.0902. The second kappa shape index (κ2) is 6.19. The molecule has 1 rings (SSSR count). The van der Waals surface area contributed by atoms with E-state index in [1.165, 1.54) is 6.08 Å². The van der Waals surface area contributed by atoms with E-state index in [1.54, 1.807) is 0 Å². The molecule has 0 aliphatic heterocycles. The number of ether oxygens (including phenoxy) is 2. The summed E-state index contributed by atoms with van der Waals surface area (Å²) >= 11 is 2.26. The van der Waals surface area contributed by atoms with Crippen LogP contribution in [0.15, 0.2) is 24.8 Å². The van der Waals surface area contributed by atoms with Gasteiger partial charge in [0.15, 0.2) is 0 Å². The SMILES string of the molecule is C=CC(=O)OC1C=C[C@@H](OCCI)C1. The highest BCUT2D eigenvalue weighted by atomic mass is 127. The number of carbonyl (C=O) groups is 1. The first-order chi connectivity index (χ1) is 6.76. The van der Waals surface area contributed by atoms with Crippen molar-refractivity contribution in [3.05, 3.63) is 24.8 Å². The van der Waals surface area contributed by atoms with Crippen molar-refractivity contribution >= 4 is 28.6 Å². The number of carbonyl (C=O) groups excluding carboxylic acids is 1. The summed E-state index contributed by atoms with van der Waals surface area (Å²) in [6.45, 7) is 4.07. The van der Waals surface area contributed by atoms with Crippen molar-refractivity contribution in [3.63, 3.8) is 0 Å². The normalized spacial score (nSPS) is 24.9. The van der Waals surface area contributed by atoms with Crippen molar-refractivity contribution in [3.8, 4) is 0 Å². The first kappa shape index (κ1) is 11.7. The Morgan fingerprint density at radius 3 is 2.93 bits per heavy atom. The number of alkyl halides is 1. The van der Waals surface area contributed by atoms with Gasteiger partial charge in [0.25, 0.3) is 0 Å². The van der Waals surface area contributed by atoms with Gasteiger partial charge >= 0.3 is 5.97 Å². The van der Waals surface area contributed by atoms with Crippen LogP contribution < -0.4 is 0 Å². The maximum absolute atomic E-state index is 10.9. The molecule has 0 amide bonds. The monoisotopic (exact) mass is 308 g/mol. The Labute approximate surface area is 97.3 Å². The van der Waals surface area contributed by atoms with E-state index >= 15 is 0 Å². The molecule has 0 aromatic rings. The highest BCUT2D eigenvalue weighted by molar-refractivity contribution is 14.1. The predicted octanol–water partition coefficient (Wildman–Crippen LogP) is 1.86. The van der Waals surface area contributed by atoms with Crippen LogP contribution in [-0.4, -0.2) is 29.2 Å². The zero-order valence-electron chi connectivity index (χ0n) is 7.82. The number of hydrogen-bond acceptors (Lipinski definition) is 3. The molecule has 0 aromatic heterocycles. The highest BCUT2D eigenvalue weighted by Gasteiger charge is 2.21. The molecule has 0 fully saturated rings. The minimum atomic E-state index is -0.380. The molecule has 0 saturated heterocycles. The molecule has 0 N–H and O–H groups in total. The molecule has 78 valence electrons. The second-order valence-corrected chi connectivity index (χ2v) is 3.98. The van der Waals surface area contributed by atoms with Crippen molar-refractivity contribution in [1.82, 2.24) is 0 Å². The van der Waals surface area contributed by atoms with Crippen LogP contribution in [0.25, 0.3) is 0 Å².